The standard InChI is InChI=1S/C20H26O2S.C16H18O2S/c1-11(2)15-9-19(13(5)7-17(15)21)23-20-10-16(12(3)4)18(22)8-14(20)6;1-9-11(3)15(7-5-13(9)17)19-16-8-6-14(18)10(2)12(16)4/h7-12,21-22H,1-6H3;5-8,17-18H,1-4H3. The number of aryl methyl sites for hydroxylation is 2. The zero-order chi connectivity index (χ0) is 31.5. The summed E-state index contributed by atoms with van der Waals surface area (Å²) in [7, 11) is 0. The Kier molecular flexibility index (Phi) is 11.0. The fourth-order valence-corrected chi connectivity index (χ4v) is 6.71. The van der Waals surface area contributed by atoms with Crippen LogP contribution in [0.4, 0.5) is 0 Å². The molecular formula is C36H44O4S2. The molecule has 4 nitrogen and oxygen atoms in total. The molecule has 0 fully saturated rings. The van der Waals surface area contributed by atoms with Gasteiger partial charge in [-0.05, 0) is 146 Å². The highest BCUT2D eigenvalue weighted by Gasteiger charge is 2.15. The maximum absolute atomic E-state index is 10.1. The lowest BCUT2D eigenvalue weighted by molar-refractivity contribution is 0.463. The summed E-state index contributed by atoms with van der Waals surface area (Å²) in [6.45, 7) is 20.2. The van der Waals surface area contributed by atoms with Crippen LogP contribution in [0.1, 0.15) is 84.0 Å². The van der Waals surface area contributed by atoms with Gasteiger partial charge in [0.2, 0.25) is 0 Å². The van der Waals surface area contributed by atoms with Crippen molar-refractivity contribution >= 4 is 23.5 Å². The molecule has 6 heteroatoms. The quantitative estimate of drug-likeness (QED) is 0.175. The van der Waals surface area contributed by atoms with Crippen LogP contribution >= 0.6 is 23.5 Å². The lowest BCUT2D eigenvalue weighted by atomic mass is 10.0. The van der Waals surface area contributed by atoms with E-state index < -0.39 is 0 Å². The summed E-state index contributed by atoms with van der Waals surface area (Å²) in [4.78, 5) is 4.55. The molecule has 0 amide bonds. The second-order valence-corrected chi connectivity index (χ2v) is 13.7. The first-order chi connectivity index (χ1) is 19.6. The minimum Gasteiger partial charge on any atom is -0.508 e. The Morgan fingerprint density at radius 2 is 0.762 bits per heavy atom. The van der Waals surface area contributed by atoms with Crippen LogP contribution in [0, 0.1) is 41.5 Å². The Balaban J connectivity index is 0.000000235. The summed E-state index contributed by atoms with van der Waals surface area (Å²) >= 11 is 3.36. The lowest BCUT2D eigenvalue weighted by Gasteiger charge is -2.16. The fraction of sp³-hybridized carbons (Fsp3) is 0.333. The number of rotatable bonds is 6. The summed E-state index contributed by atoms with van der Waals surface area (Å²) < 4.78 is 0. The van der Waals surface area contributed by atoms with Crippen LogP contribution in [0.3, 0.4) is 0 Å². The van der Waals surface area contributed by atoms with Crippen molar-refractivity contribution in [1.82, 2.24) is 0 Å². The first-order valence-electron chi connectivity index (χ1n) is 14.2. The van der Waals surface area contributed by atoms with Gasteiger partial charge < -0.3 is 20.4 Å². The van der Waals surface area contributed by atoms with Crippen molar-refractivity contribution in [2.45, 2.75) is 101 Å². The Morgan fingerprint density at radius 1 is 0.429 bits per heavy atom. The smallest absolute Gasteiger partial charge is 0.119 e. The van der Waals surface area contributed by atoms with Crippen LogP contribution in [0.15, 0.2) is 68.1 Å². The monoisotopic (exact) mass is 604 g/mol. The summed E-state index contributed by atoms with van der Waals surface area (Å²) in [5.41, 5.74) is 8.09. The van der Waals surface area contributed by atoms with Gasteiger partial charge in [-0.3, -0.25) is 0 Å². The zero-order valence-corrected chi connectivity index (χ0v) is 28.0. The molecule has 0 spiro atoms. The number of hydrogen-bond donors (Lipinski definition) is 4. The van der Waals surface area contributed by atoms with E-state index in [9.17, 15) is 20.4 Å². The Bertz CT molecular complexity index is 1470. The van der Waals surface area contributed by atoms with Gasteiger partial charge in [0.15, 0.2) is 0 Å². The van der Waals surface area contributed by atoms with Crippen LogP contribution < -0.4 is 0 Å². The van der Waals surface area contributed by atoms with Gasteiger partial charge in [-0.15, -0.1) is 0 Å². The third-order valence-electron chi connectivity index (χ3n) is 7.75. The Hall–Kier alpha value is -3.22. The molecule has 0 atom stereocenters. The summed E-state index contributed by atoms with van der Waals surface area (Å²) in [5, 5.41) is 39.6. The summed E-state index contributed by atoms with van der Waals surface area (Å²) in [6.07, 6.45) is 0. The van der Waals surface area contributed by atoms with Crippen LogP contribution in [-0.4, -0.2) is 20.4 Å². The number of phenols is 4. The molecule has 0 saturated heterocycles. The first kappa shape index (κ1) is 33.3. The van der Waals surface area contributed by atoms with Gasteiger partial charge in [0.25, 0.3) is 0 Å². The minimum atomic E-state index is 0.280. The van der Waals surface area contributed by atoms with Crippen molar-refractivity contribution < 1.29 is 20.4 Å². The highest BCUT2D eigenvalue weighted by atomic mass is 32.2. The van der Waals surface area contributed by atoms with Crippen LogP contribution in [0.5, 0.6) is 23.0 Å². The van der Waals surface area contributed by atoms with E-state index in [0.717, 1.165) is 64.1 Å². The molecule has 0 aliphatic heterocycles. The molecule has 4 rings (SSSR count). The van der Waals surface area contributed by atoms with Crippen molar-refractivity contribution in [1.29, 1.82) is 0 Å². The Morgan fingerprint density at radius 3 is 1.10 bits per heavy atom. The van der Waals surface area contributed by atoms with E-state index in [-0.39, 0.29) is 11.8 Å². The van der Waals surface area contributed by atoms with Gasteiger partial charge in [0.1, 0.15) is 23.0 Å². The van der Waals surface area contributed by atoms with Crippen molar-refractivity contribution in [3.63, 3.8) is 0 Å². The molecule has 42 heavy (non-hydrogen) atoms. The number of phenolic OH excluding ortho intramolecular Hbond substituents is 4. The van der Waals surface area contributed by atoms with Gasteiger partial charge in [0.05, 0.1) is 0 Å². The van der Waals surface area contributed by atoms with E-state index >= 15 is 0 Å². The maximum Gasteiger partial charge on any atom is 0.119 e. The van der Waals surface area contributed by atoms with E-state index in [1.54, 1.807) is 35.7 Å². The van der Waals surface area contributed by atoms with Crippen LogP contribution in [0.2, 0.25) is 0 Å². The topological polar surface area (TPSA) is 80.9 Å². The average molecular weight is 605 g/mol. The first-order valence-corrected chi connectivity index (χ1v) is 15.9. The SMILES string of the molecule is Cc1c(O)ccc(Sc2ccc(O)c(C)c2C)c1C.Cc1cc(O)c(C(C)C)cc1Sc1cc(C(C)C)c(O)cc1C. The van der Waals surface area contributed by atoms with E-state index in [0.29, 0.717) is 23.0 Å². The summed E-state index contributed by atoms with van der Waals surface area (Å²) in [5.74, 6) is 1.96. The predicted octanol–water partition coefficient (Wildman–Crippen LogP) is 10.6. The average Bonchev–Trinajstić information content (AvgIpc) is 2.91. The normalized spacial score (nSPS) is 11.1. The molecule has 0 heterocycles. The van der Waals surface area contributed by atoms with Crippen LogP contribution in [0.25, 0.3) is 0 Å². The van der Waals surface area contributed by atoms with Crippen molar-refractivity contribution in [3.8, 4) is 23.0 Å². The van der Waals surface area contributed by atoms with E-state index in [4.69, 9.17) is 0 Å². The van der Waals surface area contributed by atoms with E-state index in [1.807, 2.05) is 65.8 Å². The van der Waals surface area contributed by atoms with E-state index in [2.05, 4.69) is 39.8 Å². The molecule has 4 N–H and O–H groups in total. The van der Waals surface area contributed by atoms with E-state index in [1.165, 1.54) is 0 Å². The molecule has 0 saturated carbocycles. The van der Waals surface area contributed by atoms with Crippen molar-refractivity contribution in [3.05, 3.63) is 93.0 Å². The van der Waals surface area contributed by atoms with Gasteiger partial charge in [-0.25, -0.2) is 0 Å². The molecule has 4 aromatic carbocycles. The van der Waals surface area contributed by atoms with Crippen molar-refractivity contribution in [2.75, 3.05) is 0 Å². The third-order valence-corrected chi connectivity index (χ3v) is 10.4. The van der Waals surface area contributed by atoms with Gasteiger partial charge in [0, 0.05) is 19.6 Å². The molecule has 0 unspecified atom stereocenters. The largest absolute Gasteiger partial charge is 0.508 e. The van der Waals surface area contributed by atoms with Crippen LogP contribution in [-0.2, 0) is 0 Å². The van der Waals surface area contributed by atoms with Gasteiger partial charge >= 0.3 is 0 Å². The highest BCUT2D eigenvalue weighted by Crippen LogP contribution is 2.41. The van der Waals surface area contributed by atoms with Gasteiger partial charge in [-0.2, -0.15) is 0 Å². The number of aromatic hydroxyl groups is 4. The fourth-order valence-electron chi connectivity index (χ4n) is 4.54. The third kappa shape index (κ3) is 7.59. The molecular weight excluding hydrogens is 561 g/mol. The second-order valence-electron chi connectivity index (χ2n) is 11.5. The summed E-state index contributed by atoms with van der Waals surface area (Å²) in [6, 6.07) is 15.2. The van der Waals surface area contributed by atoms with Gasteiger partial charge in [-0.1, -0.05) is 51.2 Å². The molecule has 0 aliphatic rings. The predicted molar refractivity (Wildman–Crippen MR) is 177 cm³/mol. The Labute approximate surface area is 259 Å². The lowest BCUT2D eigenvalue weighted by Crippen LogP contribution is -1.94. The molecule has 0 aromatic heterocycles. The second kappa shape index (κ2) is 13.8. The highest BCUT2D eigenvalue weighted by molar-refractivity contribution is 7.99. The molecule has 0 aliphatic carbocycles. The molecule has 4 aromatic rings. The zero-order valence-electron chi connectivity index (χ0n) is 26.4. The molecule has 0 bridgehead atoms. The minimum absolute atomic E-state index is 0.280. The number of hydrogen-bond acceptors (Lipinski definition) is 6. The number of benzene rings is 4. The molecule has 224 valence electrons. The molecule has 0 radical (unpaired) electrons. The maximum atomic E-state index is 10.1. The van der Waals surface area contributed by atoms with Crippen molar-refractivity contribution in [2.24, 2.45) is 0 Å².